The largest absolute Gasteiger partial charge is 0.573 e. The SMILES string of the molecule is CN1C(=O)c2cc(-c3cccc(N(C)C(C)(C)C)c3)ccc2Oc2ccc(OC(F)(F)F)cc21. The Labute approximate surface area is 196 Å². The van der Waals surface area contributed by atoms with Gasteiger partial charge in [-0.05, 0) is 68.3 Å². The lowest BCUT2D eigenvalue weighted by molar-refractivity contribution is -0.274. The molecule has 3 aromatic carbocycles. The number of fused-ring (bicyclic) bond motifs is 2. The van der Waals surface area contributed by atoms with Crippen molar-refractivity contribution in [3.05, 3.63) is 66.2 Å². The number of carbonyl (C=O) groups excluding carboxylic acids is 1. The van der Waals surface area contributed by atoms with Crippen LogP contribution >= 0.6 is 0 Å². The average molecular weight is 470 g/mol. The number of rotatable bonds is 3. The number of anilines is 2. The van der Waals surface area contributed by atoms with Crippen LogP contribution in [0.4, 0.5) is 24.5 Å². The number of ether oxygens (including phenoxy) is 2. The smallest absolute Gasteiger partial charge is 0.454 e. The van der Waals surface area contributed by atoms with Crippen LogP contribution in [-0.2, 0) is 0 Å². The first-order valence-corrected chi connectivity index (χ1v) is 10.7. The molecular formula is C26H25F3N2O3. The molecule has 4 rings (SSSR count). The Morgan fingerprint density at radius 2 is 1.59 bits per heavy atom. The molecule has 0 spiro atoms. The van der Waals surface area contributed by atoms with Crippen molar-refractivity contribution < 1.29 is 27.4 Å². The van der Waals surface area contributed by atoms with Crippen molar-refractivity contribution in [2.75, 3.05) is 23.9 Å². The second-order valence-corrected chi connectivity index (χ2v) is 9.13. The lowest BCUT2D eigenvalue weighted by Gasteiger charge is -2.34. The third-order valence-corrected chi connectivity index (χ3v) is 5.83. The van der Waals surface area contributed by atoms with Crippen molar-refractivity contribution in [2.45, 2.75) is 32.7 Å². The summed E-state index contributed by atoms with van der Waals surface area (Å²) in [7, 11) is 3.51. The van der Waals surface area contributed by atoms with Gasteiger partial charge in [-0.15, -0.1) is 13.2 Å². The van der Waals surface area contributed by atoms with E-state index in [1.807, 2.05) is 37.4 Å². The predicted molar refractivity (Wildman–Crippen MR) is 126 cm³/mol. The van der Waals surface area contributed by atoms with Crippen LogP contribution in [0.2, 0.25) is 0 Å². The van der Waals surface area contributed by atoms with Gasteiger partial charge in [0.25, 0.3) is 5.91 Å². The van der Waals surface area contributed by atoms with E-state index in [0.717, 1.165) is 28.9 Å². The van der Waals surface area contributed by atoms with E-state index in [9.17, 15) is 18.0 Å². The number of halogens is 3. The molecule has 0 aromatic heterocycles. The molecule has 0 aliphatic carbocycles. The van der Waals surface area contributed by atoms with Gasteiger partial charge < -0.3 is 19.3 Å². The molecule has 178 valence electrons. The van der Waals surface area contributed by atoms with E-state index in [2.05, 4.69) is 30.4 Å². The van der Waals surface area contributed by atoms with E-state index < -0.39 is 18.0 Å². The molecule has 0 fully saturated rings. The molecule has 3 aromatic rings. The molecular weight excluding hydrogens is 445 g/mol. The first-order valence-electron chi connectivity index (χ1n) is 10.7. The number of hydrogen-bond donors (Lipinski definition) is 0. The van der Waals surface area contributed by atoms with Crippen LogP contribution < -0.4 is 19.3 Å². The van der Waals surface area contributed by atoms with Crippen LogP contribution in [0.1, 0.15) is 31.1 Å². The van der Waals surface area contributed by atoms with Crippen molar-refractivity contribution in [3.8, 4) is 28.4 Å². The number of hydrogen-bond acceptors (Lipinski definition) is 4. The summed E-state index contributed by atoms with van der Waals surface area (Å²) < 4.78 is 47.9. The molecule has 0 unspecified atom stereocenters. The summed E-state index contributed by atoms with van der Waals surface area (Å²) in [5.41, 5.74) is 3.20. The third kappa shape index (κ3) is 4.66. The summed E-state index contributed by atoms with van der Waals surface area (Å²) in [6.07, 6.45) is -4.84. The van der Waals surface area contributed by atoms with Gasteiger partial charge in [0, 0.05) is 31.4 Å². The van der Waals surface area contributed by atoms with Crippen LogP contribution in [-0.4, -0.2) is 31.9 Å². The zero-order chi connectivity index (χ0) is 24.8. The minimum atomic E-state index is -4.84. The quantitative estimate of drug-likeness (QED) is 0.419. The third-order valence-electron chi connectivity index (χ3n) is 5.83. The van der Waals surface area contributed by atoms with E-state index in [0.29, 0.717) is 11.3 Å². The van der Waals surface area contributed by atoms with E-state index in [4.69, 9.17) is 4.74 Å². The summed E-state index contributed by atoms with van der Waals surface area (Å²) in [5, 5.41) is 0. The zero-order valence-electron chi connectivity index (χ0n) is 19.5. The van der Waals surface area contributed by atoms with Gasteiger partial charge in [-0.2, -0.15) is 0 Å². The Kier molecular flexibility index (Phi) is 5.71. The molecule has 0 saturated carbocycles. The van der Waals surface area contributed by atoms with Crippen LogP contribution in [0, 0.1) is 0 Å². The first kappa shape index (κ1) is 23.5. The number of nitrogens with zero attached hydrogens (tertiary/aromatic N) is 2. The second kappa shape index (κ2) is 8.27. The van der Waals surface area contributed by atoms with Gasteiger partial charge in [-0.1, -0.05) is 18.2 Å². The standard InChI is InChI=1S/C26H25F3N2O3/c1-25(2,3)31(5)18-8-6-7-16(13-18)17-9-11-22-20(14-17)24(32)30(4)21-15-19(34-26(27,28)29)10-12-23(21)33-22/h6-15H,1-5H3. The summed E-state index contributed by atoms with van der Waals surface area (Å²) in [6, 6.07) is 16.9. The number of benzene rings is 3. The van der Waals surface area contributed by atoms with Crippen molar-refractivity contribution in [3.63, 3.8) is 0 Å². The lowest BCUT2D eigenvalue weighted by atomic mass is 10.00. The Morgan fingerprint density at radius 1 is 0.912 bits per heavy atom. The maximum absolute atomic E-state index is 13.3. The maximum Gasteiger partial charge on any atom is 0.573 e. The molecule has 0 bridgehead atoms. The first-order chi connectivity index (χ1) is 15.8. The fraction of sp³-hybridized carbons (Fsp3) is 0.269. The summed E-state index contributed by atoms with van der Waals surface area (Å²) >= 11 is 0. The molecule has 0 saturated heterocycles. The highest BCUT2D eigenvalue weighted by Crippen LogP contribution is 2.42. The highest BCUT2D eigenvalue weighted by Gasteiger charge is 2.33. The van der Waals surface area contributed by atoms with E-state index in [-0.39, 0.29) is 17.0 Å². The average Bonchev–Trinajstić information content (AvgIpc) is 2.86. The van der Waals surface area contributed by atoms with Gasteiger partial charge in [-0.3, -0.25) is 4.79 Å². The minimum Gasteiger partial charge on any atom is -0.454 e. The van der Waals surface area contributed by atoms with Gasteiger partial charge >= 0.3 is 6.36 Å². The van der Waals surface area contributed by atoms with E-state index in [1.54, 1.807) is 12.1 Å². The van der Waals surface area contributed by atoms with Crippen molar-refractivity contribution in [2.24, 2.45) is 0 Å². The molecule has 0 atom stereocenters. The van der Waals surface area contributed by atoms with Crippen LogP contribution in [0.5, 0.6) is 17.2 Å². The van der Waals surface area contributed by atoms with E-state index >= 15 is 0 Å². The molecule has 34 heavy (non-hydrogen) atoms. The second-order valence-electron chi connectivity index (χ2n) is 9.13. The minimum absolute atomic E-state index is 0.0701. The molecule has 8 heteroatoms. The fourth-order valence-corrected chi connectivity index (χ4v) is 3.70. The molecule has 1 amide bonds. The number of carbonyl (C=O) groups is 1. The number of amides is 1. The molecule has 1 aliphatic heterocycles. The Morgan fingerprint density at radius 3 is 2.26 bits per heavy atom. The van der Waals surface area contributed by atoms with Crippen molar-refractivity contribution in [1.29, 1.82) is 0 Å². The van der Waals surface area contributed by atoms with Gasteiger partial charge in [-0.25, -0.2) is 0 Å². The van der Waals surface area contributed by atoms with Gasteiger partial charge in [0.15, 0.2) is 5.75 Å². The normalized spacial score (nSPS) is 13.5. The van der Waals surface area contributed by atoms with Gasteiger partial charge in [0.1, 0.15) is 11.5 Å². The molecule has 0 N–H and O–H groups in total. The summed E-state index contributed by atoms with van der Waals surface area (Å²) in [4.78, 5) is 16.7. The summed E-state index contributed by atoms with van der Waals surface area (Å²) in [5.74, 6) is -0.249. The van der Waals surface area contributed by atoms with Crippen molar-refractivity contribution in [1.82, 2.24) is 0 Å². The van der Waals surface area contributed by atoms with E-state index in [1.165, 1.54) is 18.0 Å². The maximum atomic E-state index is 13.3. The van der Waals surface area contributed by atoms with Crippen LogP contribution in [0.15, 0.2) is 60.7 Å². The molecule has 1 aliphatic rings. The monoisotopic (exact) mass is 470 g/mol. The zero-order valence-corrected chi connectivity index (χ0v) is 19.5. The Hall–Kier alpha value is -3.68. The molecule has 1 heterocycles. The summed E-state index contributed by atoms with van der Waals surface area (Å²) in [6.45, 7) is 6.37. The fourth-order valence-electron chi connectivity index (χ4n) is 3.70. The lowest BCUT2D eigenvalue weighted by Crippen LogP contribution is -2.37. The molecule has 5 nitrogen and oxygen atoms in total. The van der Waals surface area contributed by atoms with Gasteiger partial charge in [0.2, 0.25) is 0 Å². The molecule has 0 radical (unpaired) electrons. The predicted octanol–water partition coefficient (Wildman–Crippen LogP) is 6.87. The topological polar surface area (TPSA) is 42.0 Å². The Bertz CT molecular complexity index is 1250. The van der Waals surface area contributed by atoms with Crippen LogP contribution in [0.3, 0.4) is 0 Å². The van der Waals surface area contributed by atoms with Crippen LogP contribution in [0.25, 0.3) is 11.1 Å². The number of alkyl halides is 3. The highest BCUT2D eigenvalue weighted by atomic mass is 19.4. The van der Waals surface area contributed by atoms with Crippen molar-refractivity contribution >= 4 is 17.3 Å². The van der Waals surface area contributed by atoms with Gasteiger partial charge in [0.05, 0.1) is 11.3 Å². The highest BCUT2D eigenvalue weighted by molar-refractivity contribution is 6.10. The Balaban J connectivity index is 1.71.